The number of likely N-dealkylation sites (tertiary alicyclic amines) is 1. The van der Waals surface area contributed by atoms with Crippen molar-refractivity contribution in [1.82, 2.24) is 25.7 Å². The number of nitrogens with one attached hydrogen (secondary N) is 2. The number of nitrogens with zero attached hydrogens (tertiary/aromatic N) is 4. The second-order valence-electron chi connectivity index (χ2n) is 8.02. The minimum Gasteiger partial charge on any atom is -0.356 e. The Morgan fingerprint density at radius 1 is 1.23 bits per heavy atom. The zero-order valence-electron chi connectivity index (χ0n) is 17.1. The standard InChI is InChI=1S/C19H36N6O/c1-15(2)17-23-16(26-24-17)10-9-11-21-18(20-5)22-14-19(3,4)25-12-7-6-8-13-25/h15H,6-14H2,1-5H3,(H2,20,21,22). The third-order valence-electron chi connectivity index (χ3n) is 4.98. The molecular weight excluding hydrogens is 328 g/mol. The average molecular weight is 365 g/mol. The summed E-state index contributed by atoms with van der Waals surface area (Å²) in [6.07, 6.45) is 5.69. The third kappa shape index (κ3) is 6.27. The van der Waals surface area contributed by atoms with Gasteiger partial charge in [0.05, 0.1) is 0 Å². The van der Waals surface area contributed by atoms with Crippen LogP contribution in [0.1, 0.15) is 71.0 Å². The molecular formula is C19H36N6O. The smallest absolute Gasteiger partial charge is 0.226 e. The molecule has 0 bridgehead atoms. The van der Waals surface area contributed by atoms with Crippen LogP contribution in [0, 0.1) is 0 Å². The first-order chi connectivity index (χ1) is 12.4. The van der Waals surface area contributed by atoms with E-state index >= 15 is 0 Å². The lowest BCUT2D eigenvalue weighted by Gasteiger charge is -2.41. The van der Waals surface area contributed by atoms with Crippen LogP contribution in [0.15, 0.2) is 9.52 Å². The van der Waals surface area contributed by atoms with Gasteiger partial charge in [0.15, 0.2) is 11.8 Å². The summed E-state index contributed by atoms with van der Waals surface area (Å²) >= 11 is 0. The molecule has 26 heavy (non-hydrogen) atoms. The van der Waals surface area contributed by atoms with E-state index in [1.165, 1.54) is 32.4 Å². The van der Waals surface area contributed by atoms with E-state index < -0.39 is 0 Å². The first-order valence-electron chi connectivity index (χ1n) is 9.94. The van der Waals surface area contributed by atoms with Crippen LogP contribution in [0.4, 0.5) is 0 Å². The van der Waals surface area contributed by atoms with Gasteiger partial charge in [0.1, 0.15) is 0 Å². The fourth-order valence-electron chi connectivity index (χ4n) is 3.18. The van der Waals surface area contributed by atoms with Crippen molar-refractivity contribution < 1.29 is 4.52 Å². The molecule has 2 rings (SSSR count). The van der Waals surface area contributed by atoms with Crippen molar-refractivity contribution in [2.75, 3.05) is 33.2 Å². The lowest BCUT2D eigenvalue weighted by Crippen LogP contribution is -2.54. The fourth-order valence-corrected chi connectivity index (χ4v) is 3.18. The molecule has 0 aromatic carbocycles. The molecule has 0 spiro atoms. The quantitative estimate of drug-likeness (QED) is 0.419. The summed E-state index contributed by atoms with van der Waals surface area (Å²) < 4.78 is 5.28. The monoisotopic (exact) mass is 364 g/mol. The number of hydrogen-bond donors (Lipinski definition) is 2. The van der Waals surface area contributed by atoms with Crippen molar-refractivity contribution >= 4 is 5.96 Å². The summed E-state index contributed by atoms with van der Waals surface area (Å²) in [6.45, 7) is 12.8. The van der Waals surface area contributed by atoms with Crippen LogP contribution >= 0.6 is 0 Å². The van der Waals surface area contributed by atoms with Crippen LogP contribution < -0.4 is 10.6 Å². The Labute approximate surface area is 158 Å². The molecule has 7 heteroatoms. The van der Waals surface area contributed by atoms with Crippen LogP contribution in [0.25, 0.3) is 0 Å². The summed E-state index contributed by atoms with van der Waals surface area (Å²) in [5.74, 6) is 2.65. The van der Waals surface area contributed by atoms with Crippen molar-refractivity contribution in [3.8, 4) is 0 Å². The van der Waals surface area contributed by atoms with Crippen molar-refractivity contribution in [3.63, 3.8) is 0 Å². The first kappa shape index (κ1) is 20.7. The number of guanidine groups is 1. The summed E-state index contributed by atoms with van der Waals surface area (Å²) in [7, 11) is 1.82. The van der Waals surface area contributed by atoms with Gasteiger partial charge in [-0.3, -0.25) is 9.89 Å². The highest BCUT2D eigenvalue weighted by Gasteiger charge is 2.27. The molecule has 148 valence electrons. The van der Waals surface area contributed by atoms with E-state index in [2.05, 4.69) is 58.4 Å². The van der Waals surface area contributed by atoms with E-state index in [1.54, 1.807) is 0 Å². The summed E-state index contributed by atoms with van der Waals surface area (Å²) in [5.41, 5.74) is 0.134. The van der Waals surface area contributed by atoms with Gasteiger partial charge < -0.3 is 15.2 Å². The number of hydrogen-bond acceptors (Lipinski definition) is 5. The minimum atomic E-state index is 0.134. The van der Waals surface area contributed by atoms with Crippen LogP contribution in [0.5, 0.6) is 0 Å². The highest BCUT2D eigenvalue weighted by atomic mass is 16.5. The molecule has 2 heterocycles. The average Bonchev–Trinajstić information content (AvgIpc) is 3.11. The highest BCUT2D eigenvalue weighted by molar-refractivity contribution is 5.79. The summed E-state index contributed by atoms with van der Waals surface area (Å²) in [5, 5.41) is 10.8. The summed E-state index contributed by atoms with van der Waals surface area (Å²) in [4.78, 5) is 11.3. The van der Waals surface area contributed by atoms with Gasteiger partial charge in [-0.05, 0) is 46.2 Å². The second-order valence-corrected chi connectivity index (χ2v) is 8.02. The number of rotatable bonds is 8. The first-order valence-corrected chi connectivity index (χ1v) is 9.94. The zero-order valence-corrected chi connectivity index (χ0v) is 17.1. The van der Waals surface area contributed by atoms with Gasteiger partial charge >= 0.3 is 0 Å². The topological polar surface area (TPSA) is 78.6 Å². The van der Waals surface area contributed by atoms with Crippen LogP contribution in [0.3, 0.4) is 0 Å². The molecule has 1 fully saturated rings. The van der Waals surface area contributed by atoms with Gasteiger partial charge in [-0.2, -0.15) is 4.98 Å². The van der Waals surface area contributed by atoms with Crippen molar-refractivity contribution in [2.24, 2.45) is 4.99 Å². The predicted molar refractivity (Wildman–Crippen MR) is 106 cm³/mol. The Hall–Kier alpha value is -1.63. The van der Waals surface area contributed by atoms with Crippen molar-refractivity contribution in [2.45, 2.75) is 71.3 Å². The number of aromatic nitrogens is 2. The Bertz CT molecular complexity index is 560. The van der Waals surface area contributed by atoms with E-state index in [4.69, 9.17) is 4.52 Å². The molecule has 0 amide bonds. The highest BCUT2D eigenvalue weighted by Crippen LogP contribution is 2.19. The molecule has 1 aromatic rings. The van der Waals surface area contributed by atoms with Crippen LogP contribution in [-0.2, 0) is 6.42 Å². The number of piperidine rings is 1. The molecule has 0 saturated carbocycles. The number of aliphatic imine (C=N–C) groups is 1. The molecule has 0 unspecified atom stereocenters. The second kappa shape index (κ2) is 9.90. The van der Waals surface area contributed by atoms with E-state index in [9.17, 15) is 0 Å². The third-order valence-corrected chi connectivity index (χ3v) is 4.98. The molecule has 1 aliphatic heterocycles. The molecule has 0 radical (unpaired) electrons. The minimum absolute atomic E-state index is 0.134. The summed E-state index contributed by atoms with van der Waals surface area (Å²) in [6, 6.07) is 0. The van der Waals surface area contributed by atoms with E-state index in [1.807, 2.05) is 7.05 Å². The van der Waals surface area contributed by atoms with Gasteiger partial charge in [-0.25, -0.2) is 0 Å². The Balaban J connectivity index is 1.68. The van der Waals surface area contributed by atoms with E-state index in [-0.39, 0.29) is 5.54 Å². The van der Waals surface area contributed by atoms with E-state index in [0.717, 1.165) is 37.7 Å². The molecule has 2 N–H and O–H groups in total. The van der Waals surface area contributed by atoms with Crippen molar-refractivity contribution in [3.05, 3.63) is 11.7 Å². The molecule has 0 atom stereocenters. The zero-order chi connectivity index (χ0) is 19.0. The SMILES string of the molecule is CN=C(NCCCc1nc(C(C)C)no1)NCC(C)(C)N1CCCCC1. The lowest BCUT2D eigenvalue weighted by molar-refractivity contribution is 0.0982. The lowest BCUT2D eigenvalue weighted by atomic mass is 9.98. The predicted octanol–water partition coefficient (Wildman–Crippen LogP) is 2.56. The fraction of sp³-hybridized carbons (Fsp3) is 0.842. The van der Waals surface area contributed by atoms with Crippen LogP contribution in [-0.4, -0.2) is 59.8 Å². The molecule has 1 aliphatic rings. The number of aryl methyl sites for hydroxylation is 1. The maximum Gasteiger partial charge on any atom is 0.226 e. The van der Waals surface area contributed by atoms with Gasteiger partial charge in [0.25, 0.3) is 0 Å². The Morgan fingerprint density at radius 3 is 2.58 bits per heavy atom. The molecule has 1 aromatic heterocycles. The molecule has 7 nitrogen and oxygen atoms in total. The van der Waals surface area contributed by atoms with Gasteiger partial charge in [-0.1, -0.05) is 25.4 Å². The Kier molecular flexibility index (Phi) is 7.87. The Morgan fingerprint density at radius 2 is 1.96 bits per heavy atom. The maximum absolute atomic E-state index is 5.28. The van der Waals surface area contributed by atoms with Crippen molar-refractivity contribution in [1.29, 1.82) is 0 Å². The largest absolute Gasteiger partial charge is 0.356 e. The maximum atomic E-state index is 5.28. The van der Waals surface area contributed by atoms with Gasteiger partial charge in [-0.15, -0.1) is 0 Å². The molecule has 0 aliphatic carbocycles. The van der Waals surface area contributed by atoms with Gasteiger partial charge in [0.2, 0.25) is 5.89 Å². The van der Waals surface area contributed by atoms with Crippen LogP contribution in [0.2, 0.25) is 0 Å². The molecule has 1 saturated heterocycles. The van der Waals surface area contributed by atoms with Gasteiger partial charge in [0, 0.05) is 38.0 Å². The normalized spacial score (nSPS) is 16.9. The van der Waals surface area contributed by atoms with E-state index in [0.29, 0.717) is 11.8 Å².